The minimum atomic E-state index is -0.992. The molecule has 8 heteroatoms. The average Bonchev–Trinajstić information content (AvgIpc) is 3.67. The molecule has 0 radical (unpaired) electrons. The number of aliphatic hydroxyl groups is 1. The lowest BCUT2D eigenvalue weighted by Crippen LogP contribution is -2.78. The molecule has 1 amide bonds. The van der Waals surface area contributed by atoms with E-state index in [0.717, 1.165) is 43.0 Å². The number of hydrogen-bond acceptors (Lipinski definition) is 6. The lowest BCUT2D eigenvalue weighted by Gasteiger charge is -2.64. The first kappa shape index (κ1) is 24.9. The van der Waals surface area contributed by atoms with Crippen molar-refractivity contribution in [1.29, 1.82) is 0 Å². The Morgan fingerprint density at radius 3 is 2.82 bits per heavy atom. The molecule has 0 aromatic heterocycles. The number of phenols is 1. The average molecular weight is 535 g/mol. The van der Waals surface area contributed by atoms with Gasteiger partial charge in [-0.25, -0.2) is 4.39 Å². The minimum Gasteiger partial charge on any atom is -0.504 e. The fraction of sp³-hybridized carbons (Fsp3) is 0.516. The van der Waals surface area contributed by atoms with Crippen molar-refractivity contribution >= 4 is 12.0 Å². The van der Waals surface area contributed by atoms with Gasteiger partial charge in [-0.2, -0.15) is 0 Å². The first-order valence-electron chi connectivity index (χ1n) is 14.0. The molecule has 1 saturated heterocycles. The van der Waals surface area contributed by atoms with E-state index in [1.807, 2.05) is 6.07 Å². The van der Waals surface area contributed by atoms with Crippen LogP contribution in [0.25, 0.3) is 6.08 Å². The molecule has 2 aromatic carbocycles. The lowest BCUT2D eigenvalue weighted by atomic mass is 9.48. The highest BCUT2D eigenvalue weighted by molar-refractivity contribution is 5.92. The summed E-state index contributed by atoms with van der Waals surface area (Å²) in [7, 11) is 3.18. The highest BCUT2D eigenvalue weighted by Gasteiger charge is 2.73. The molecular weight excluding hydrogens is 499 g/mol. The van der Waals surface area contributed by atoms with Gasteiger partial charge in [0.1, 0.15) is 6.10 Å². The second kappa shape index (κ2) is 8.70. The van der Waals surface area contributed by atoms with Gasteiger partial charge in [0.15, 0.2) is 23.1 Å². The summed E-state index contributed by atoms with van der Waals surface area (Å²) in [4.78, 5) is 17.6. The Balaban J connectivity index is 1.22. The second-order valence-corrected chi connectivity index (χ2v) is 12.1. The molecule has 3 fully saturated rings. The van der Waals surface area contributed by atoms with Crippen molar-refractivity contribution in [1.82, 2.24) is 9.80 Å². The predicted molar refractivity (Wildman–Crippen MR) is 143 cm³/mol. The molecule has 1 spiro atoms. The number of amides is 1. The standard InChI is InChI=1S/C31H35FN2O5/c1-33(26(36)10-6-18-5-9-24(38-2)21(32)15-18)22-11-12-31(37)25-16-20-7-8-23(35)28-27(20)30(31,29(22)39-28)13-14-34(25)17-19-3-4-19/h5-10,15,19,22,25,29,35,37H,3-4,11-14,16-17H2,1-2H3/t22-,25+,29-,30-,31+/m0/s1. The van der Waals surface area contributed by atoms with E-state index in [1.54, 1.807) is 30.2 Å². The summed E-state index contributed by atoms with van der Waals surface area (Å²) in [5.41, 5.74) is 0.973. The summed E-state index contributed by atoms with van der Waals surface area (Å²) < 4.78 is 25.7. The summed E-state index contributed by atoms with van der Waals surface area (Å²) in [5, 5.41) is 23.4. The zero-order valence-corrected chi connectivity index (χ0v) is 22.4. The third kappa shape index (κ3) is 3.50. The lowest BCUT2D eigenvalue weighted by molar-refractivity contribution is -0.200. The van der Waals surface area contributed by atoms with Gasteiger partial charge in [-0.05, 0) is 86.4 Å². The van der Waals surface area contributed by atoms with E-state index in [-0.39, 0.29) is 29.5 Å². The summed E-state index contributed by atoms with van der Waals surface area (Å²) in [6.07, 6.45) is 7.72. The van der Waals surface area contributed by atoms with Crippen LogP contribution >= 0.6 is 0 Å². The van der Waals surface area contributed by atoms with Crippen LogP contribution in [0, 0.1) is 11.7 Å². The molecule has 5 atom stereocenters. The van der Waals surface area contributed by atoms with Crippen LogP contribution in [0.1, 0.15) is 48.8 Å². The molecule has 206 valence electrons. The van der Waals surface area contributed by atoms with Crippen LogP contribution in [0.3, 0.4) is 0 Å². The van der Waals surface area contributed by atoms with Crippen molar-refractivity contribution in [2.75, 3.05) is 27.2 Å². The summed E-state index contributed by atoms with van der Waals surface area (Å²) in [6, 6.07) is 7.96. The number of likely N-dealkylation sites (tertiary alicyclic amines) is 1. The van der Waals surface area contributed by atoms with E-state index in [9.17, 15) is 19.4 Å². The Morgan fingerprint density at radius 1 is 1.26 bits per heavy atom. The molecule has 3 aliphatic carbocycles. The molecule has 5 aliphatic rings. The maximum atomic E-state index is 14.1. The third-order valence-electron chi connectivity index (χ3n) is 10.2. The third-order valence-corrected chi connectivity index (χ3v) is 10.2. The summed E-state index contributed by atoms with van der Waals surface area (Å²) >= 11 is 0. The van der Waals surface area contributed by atoms with Crippen molar-refractivity contribution in [3.8, 4) is 17.2 Å². The molecule has 2 N–H and O–H groups in total. The zero-order valence-electron chi connectivity index (χ0n) is 22.4. The Morgan fingerprint density at radius 2 is 2.08 bits per heavy atom. The summed E-state index contributed by atoms with van der Waals surface area (Å²) in [6.45, 7) is 1.89. The molecular formula is C31H35FN2O5. The molecule has 0 unspecified atom stereocenters. The normalized spacial score (nSPS) is 32.6. The van der Waals surface area contributed by atoms with E-state index >= 15 is 0 Å². The monoisotopic (exact) mass is 534 g/mol. The van der Waals surface area contributed by atoms with Crippen LogP contribution in [0.15, 0.2) is 36.4 Å². The number of methoxy groups -OCH3 is 1. The Kier molecular flexibility index (Phi) is 5.56. The van der Waals surface area contributed by atoms with E-state index < -0.39 is 22.9 Å². The molecule has 7 rings (SSSR count). The topological polar surface area (TPSA) is 82.5 Å². The highest BCUT2D eigenvalue weighted by atomic mass is 19.1. The van der Waals surface area contributed by atoms with Crippen LogP contribution < -0.4 is 9.47 Å². The maximum absolute atomic E-state index is 14.1. The van der Waals surface area contributed by atoms with Crippen LogP contribution in [0.5, 0.6) is 17.2 Å². The van der Waals surface area contributed by atoms with Gasteiger partial charge < -0.3 is 24.6 Å². The van der Waals surface area contributed by atoms with Crippen molar-refractivity contribution < 1.29 is 28.9 Å². The van der Waals surface area contributed by atoms with Crippen LogP contribution in [0.2, 0.25) is 0 Å². The zero-order chi connectivity index (χ0) is 27.1. The highest BCUT2D eigenvalue weighted by Crippen LogP contribution is 2.66. The SMILES string of the molecule is COc1ccc(C=CC(=O)N(C)[C@H]2CC[C@@]3(O)[C@H]4Cc5ccc(O)c6c5[C@@]3(CCN4CC3CC3)[C@H]2O6)cc1F. The Labute approximate surface area is 227 Å². The molecule has 2 saturated carbocycles. The quantitative estimate of drug-likeness (QED) is 0.551. The second-order valence-electron chi connectivity index (χ2n) is 12.1. The number of hydrogen-bond donors (Lipinski definition) is 2. The van der Waals surface area contributed by atoms with Crippen molar-refractivity contribution in [2.24, 2.45) is 5.92 Å². The number of piperidine rings is 1. The van der Waals surface area contributed by atoms with Crippen LogP contribution in [-0.2, 0) is 16.6 Å². The van der Waals surface area contributed by atoms with E-state index in [1.165, 1.54) is 38.2 Å². The molecule has 2 heterocycles. The molecule has 2 aromatic rings. The van der Waals surface area contributed by atoms with Gasteiger partial charge in [0, 0.05) is 31.3 Å². The number of aromatic hydroxyl groups is 1. The number of phenolic OH excluding ortho intramolecular Hbond substituents is 1. The molecule has 2 bridgehead atoms. The first-order chi connectivity index (χ1) is 18.8. The maximum Gasteiger partial charge on any atom is 0.246 e. The molecule has 2 aliphatic heterocycles. The summed E-state index contributed by atoms with van der Waals surface area (Å²) in [5.74, 6) is 0.731. The number of halogens is 1. The fourth-order valence-corrected chi connectivity index (χ4v) is 8.09. The van der Waals surface area contributed by atoms with E-state index in [4.69, 9.17) is 9.47 Å². The largest absolute Gasteiger partial charge is 0.504 e. The van der Waals surface area contributed by atoms with Gasteiger partial charge in [-0.3, -0.25) is 9.69 Å². The van der Waals surface area contributed by atoms with Crippen LogP contribution in [-0.4, -0.2) is 77.0 Å². The number of benzene rings is 2. The van der Waals surface area contributed by atoms with Gasteiger partial charge in [0.05, 0.1) is 24.2 Å². The van der Waals surface area contributed by atoms with E-state index in [0.29, 0.717) is 24.2 Å². The Bertz CT molecular complexity index is 1370. The predicted octanol–water partition coefficient (Wildman–Crippen LogP) is 3.64. The van der Waals surface area contributed by atoms with Gasteiger partial charge in [0.2, 0.25) is 5.91 Å². The molecule has 39 heavy (non-hydrogen) atoms. The van der Waals surface area contributed by atoms with Crippen LogP contribution in [0.4, 0.5) is 4.39 Å². The minimum absolute atomic E-state index is 0.00670. The Hall–Kier alpha value is -3.10. The van der Waals surface area contributed by atoms with E-state index in [2.05, 4.69) is 4.90 Å². The number of nitrogens with zero attached hydrogens (tertiary/aromatic N) is 2. The van der Waals surface area contributed by atoms with Crippen molar-refractivity contribution in [3.05, 3.63) is 58.9 Å². The number of ether oxygens (including phenoxy) is 2. The van der Waals surface area contributed by atoms with Gasteiger partial charge in [-0.1, -0.05) is 12.1 Å². The van der Waals surface area contributed by atoms with Gasteiger partial charge in [0.25, 0.3) is 0 Å². The van der Waals surface area contributed by atoms with Gasteiger partial charge in [-0.15, -0.1) is 0 Å². The number of rotatable bonds is 6. The number of carbonyl (C=O) groups excluding carboxylic acids is 1. The first-order valence-corrected chi connectivity index (χ1v) is 14.0. The fourth-order valence-electron chi connectivity index (χ4n) is 8.09. The number of likely N-dealkylation sites (N-methyl/N-ethyl adjacent to an activating group) is 1. The van der Waals surface area contributed by atoms with Crippen molar-refractivity contribution in [2.45, 2.75) is 67.7 Å². The van der Waals surface area contributed by atoms with Crippen molar-refractivity contribution in [3.63, 3.8) is 0 Å². The smallest absolute Gasteiger partial charge is 0.246 e. The van der Waals surface area contributed by atoms with Gasteiger partial charge >= 0.3 is 0 Å². The molecule has 7 nitrogen and oxygen atoms in total. The number of carbonyl (C=O) groups is 1.